The van der Waals surface area contributed by atoms with E-state index < -0.39 is 0 Å². The van der Waals surface area contributed by atoms with Gasteiger partial charge in [0.2, 0.25) is 0 Å². The van der Waals surface area contributed by atoms with Crippen LogP contribution in [0.15, 0.2) is 54.6 Å². The Morgan fingerprint density at radius 2 is 1.26 bits per heavy atom. The molecule has 1 atom stereocenters. The standard InChI is InChI=1S/C23H28/c1-16(2)21(15-23(3,4)5)22-19-12-8-6-10-17(19)14-18-11-7-9-13-20(18)22/h6-14,16,21H,15H2,1-5H3. The van der Waals surface area contributed by atoms with Gasteiger partial charge in [0.25, 0.3) is 0 Å². The summed E-state index contributed by atoms with van der Waals surface area (Å²) in [6.07, 6.45) is 1.21. The van der Waals surface area contributed by atoms with E-state index in [1.165, 1.54) is 28.0 Å². The lowest BCUT2D eigenvalue weighted by Crippen LogP contribution is -2.17. The van der Waals surface area contributed by atoms with Gasteiger partial charge < -0.3 is 0 Å². The maximum absolute atomic E-state index is 2.37. The van der Waals surface area contributed by atoms with Crippen LogP contribution in [0, 0.1) is 11.3 Å². The minimum Gasteiger partial charge on any atom is -0.0622 e. The highest BCUT2D eigenvalue weighted by Gasteiger charge is 2.26. The third-order valence-electron chi connectivity index (χ3n) is 4.82. The second-order valence-corrected chi connectivity index (χ2v) is 8.35. The number of rotatable bonds is 3. The van der Waals surface area contributed by atoms with E-state index in [9.17, 15) is 0 Å². The lowest BCUT2D eigenvalue weighted by molar-refractivity contribution is 0.303. The zero-order valence-electron chi connectivity index (χ0n) is 15.1. The predicted molar refractivity (Wildman–Crippen MR) is 103 cm³/mol. The molecule has 0 radical (unpaired) electrons. The first kappa shape index (κ1) is 16.1. The van der Waals surface area contributed by atoms with Crippen molar-refractivity contribution in [3.63, 3.8) is 0 Å². The molecule has 120 valence electrons. The summed E-state index contributed by atoms with van der Waals surface area (Å²) in [4.78, 5) is 0. The highest BCUT2D eigenvalue weighted by Crippen LogP contribution is 2.42. The number of hydrogen-bond acceptors (Lipinski definition) is 0. The lowest BCUT2D eigenvalue weighted by atomic mass is 9.74. The molecule has 0 amide bonds. The Morgan fingerprint density at radius 1 is 0.783 bits per heavy atom. The molecule has 3 aromatic carbocycles. The maximum Gasteiger partial charge on any atom is -0.0122 e. The molecule has 0 nitrogen and oxygen atoms in total. The molecule has 0 fully saturated rings. The fraction of sp³-hybridized carbons (Fsp3) is 0.391. The van der Waals surface area contributed by atoms with Gasteiger partial charge in [-0.2, -0.15) is 0 Å². The number of fused-ring (bicyclic) bond motifs is 2. The summed E-state index contributed by atoms with van der Waals surface area (Å²) in [5.41, 5.74) is 1.87. The largest absolute Gasteiger partial charge is 0.0622 e. The van der Waals surface area contributed by atoms with Crippen LogP contribution in [-0.4, -0.2) is 0 Å². The summed E-state index contributed by atoms with van der Waals surface area (Å²) >= 11 is 0. The Hall–Kier alpha value is -1.82. The highest BCUT2D eigenvalue weighted by atomic mass is 14.3. The predicted octanol–water partition coefficient (Wildman–Crippen LogP) is 7.17. The van der Waals surface area contributed by atoms with Gasteiger partial charge in [-0.3, -0.25) is 0 Å². The van der Waals surface area contributed by atoms with Crippen LogP contribution in [-0.2, 0) is 0 Å². The SMILES string of the molecule is CC(C)C(CC(C)(C)C)c1c2ccccc2cc2ccccc12. The summed E-state index contributed by atoms with van der Waals surface area (Å²) in [6, 6.07) is 20.1. The Morgan fingerprint density at radius 3 is 1.70 bits per heavy atom. The van der Waals surface area contributed by atoms with E-state index in [-0.39, 0.29) is 0 Å². The molecular formula is C23H28. The minimum atomic E-state index is 0.326. The van der Waals surface area contributed by atoms with Crippen LogP contribution in [0.2, 0.25) is 0 Å². The molecular weight excluding hydrogens is 276 g/mol. The van der Waals surface area contributed by atoms with Gasteiger partial charge in [0.15, 0.2) is 0 Å². The summed E-state index contributed by atoms with van der Waals surface area (Å²) in [5, 5.41) is 5.57. The van der Waals surface area contributed by atoms with Crippen LogP contribution in [0.5, 0.6) is 0 Å². The number of benzene rings is 3. The van der Waals surface area contributed by atoms with Gasteiger partial charge in [0.05, 0.1) is 0 Å². The van der Waals surface area contributed by atoms with Gasteiger partial charge in [0, 0.05) is 0 Å². The molecule has 0 heteroatoms. The maximum atomic E-state index is 2.37. The molecule has 0 aliphatic heterocycles. The van der Waals surface area contributed by atoms with Crippen molar-refractivity contribution in [3.8, 4) is 0 Å². The molecule has 0 heterocycles. The van der Waals surface area contributed by atoms with Gasteiger partial charge in [0.1, 0.15) is 0 Å². The van der Waals surface area contributed by atoms with Crippen LogP contribution in [0.4, 0.5) is 0 Å². The molecule has 1 unspecified atom stereocenters. The van der Waals surface area contributed by atoms with Crippen molar-refractivity contribution in [2.45, 2.75) is 47.0 Å². The first-order valence-electron chi connectivity index (χ1n) is 8.77. The second-order valence-electron chi connectivity index (χ2n) is 8.35. The van der Waals surface area contributed by atoms with Crippen LogP contribution in [0.1, 0.15) is 52.5 Å². The van der Waals surface area contributed by atoms with Gasteiger partial charge in [-0.25, -0.2) is 0 Å². The van der Waals surface area contributed by atoms with Gasteiger partial charge in [-0.1, -0.05) is 83.1 Å². The van der Waals surface area contributed by atoms with Crippen molar-refractivity contribution in [2.24, 2.45) is 11.3 Å². The zero-order valence-corrected chi connectivity index (χ0v) is 15.1. The van der Waals surface area contributed by atoms with Crippen LogP contribution in [0.25, 0.3) is 21.5 Å². The molecule has 3 aromatic rings. The smallest absolute Gasteiger partial charge is 0.0122 e. The average molecular weight is 304 g/mol. The monoisotopic (exact) mass is 304 g/mol. The van der Waals surface area contributed by atoms with E-state index in [0.29, 0.717) is 17.3 Å². The van der Waals surface area contributed by atoms with E-state index in [2.05, 4.69) is 89.2 Å². The van der Waals surface area contributed by atoms with Gasteiger partial charge in [-0.05, 0) is 56.8 Å². The van der Waals surface area contributed by atoms with Crippen LogP contribution >= 0.6 is 0 Å². The van der Waals surface area contributed by atoms with Crippen molar-refractivity contribution in [1.29, 1.82) is 0 Å². The molecule has 0 N–H and O–H groups in total. The van der Waals surface area contributed by atoms with Gasteiger partial charge >= 0.3 is 0 Å². The minimum absolute atomic E-state index is 0.326. The van der Waals surface area contributed by atoms with Crippen LogP contribution < -0.4 is 0 Å². The molecule has 0 bridgehead atoms. The van der Waals surface area contributed by atoms with E-state index in [4.69, 9.17) is 0 Å². The summed E-state index contributed by atoms with van der Waals surface area (Å²) in [5.74, 6) is 1.20. The average Bonchev–Trinajstić information content (AvgIpc) is 2.49. The zero-order chi connectivity index (χ0) is 16.6. The molecule has 0 aliphatic carbocycles. The molecule has 3 rings (SSSR count). The number of hydrogen-bond donors (Lipinski definition) is 0. The second kappa shape index (κ2) is 6.00. The summed E-state index contributed by atoms with van der Waals surface area (Å²) in [6.45, 7) is 11.8. The van der Waals surface area contributed by atoms with Crippen molar-refractivity contribution in [3.05, 3.63) is 60.2 Å². The van der Waals surface area contributed by atoms with E-state index in [1.54, 1.807) is 5.56 Å². The first-order chi connectivity index (χ1) is 10.9. The van der Waals surface area contributed by atoms with E-state index >= 15 is 0 Å². The van der Waals surface area contributed by atoms with Crippen molar-refractivity contribution in [1.82, 2.24) is 0 Å². The fourth-order valence-corrected chi connectivity index (χ4v) is 3.78. The summed E-state index contributed by atoms with van der Waals surface area (Å²) in [7, 11) is 0. The van der Waals surface area contributed by atoms with E-state index in [1.807, 2.05) is 0 Å². The highest BCUT2D eigenvalue weighted by molar-refractivity contribution is 6.02. The van der Waals surface area contributed by atoms with Crippen molar-refractivity contribution < 1.29 is 0 Å². The Labute approximate surface area is 140 Å². The quantitative estimate of drug-likeness (QED) is 0.450. The fourth-order valence-electron chi connectivity index (χ4n) is 3.78. The molecule has 23 heavy (non-hydrogen) atoms. The Balaban J connectivity index is 2.34. The summed E-state index contributed by atoms with van der Waals surface area (Å²) < 4.78 is 0. The van der Waals surface area contributed by atoms with E-state index in [0.717, 1.165) is 0 Å². The topological polar surface area (TPSA) is 0 Å². The molecule has 0 saturated heterocycles. The van der Waals surface area contributed by atoms with Crippen LogP contribution in [0.3, 0.4) is 0 Å². The van der Waals surface area contributed by atoms with Crippen molar-refractivity contribution >= 4 is 21.5 Å². The Bertz CT molecular complexity index is 764. The molecule has 0 aromatic heterocycles. The molecule has 0 spiro atoms. The third kappa shape index (κ3) is 3.27. The van der Waals surface area contributed by atoms with Crippen molar-refractivity contribution in [2.75, 3.05) is 0 Å². The Kier molecular flexibility index (Phi) is 4.19. The van der Waals surface area contributed by atoms with Gasteiger partial charge in [-0.15, -0.1) is 0 Å². The third-order valence-corrected chi connectivity index (χ3v) is 4.82. The molecule has 0 aliphatic rings. The first-order valence-corrected chi connectivity index (χ1v) is 8.77. The lowest BCUT2D eigenvalue weighted by Gasteiger charge is -2.31. The normalized spacial score (nSPS) is 13.8. The molecule has 0 saturated carbocycles.